The summed E-state index contributed by atoms with van der Waals surface area (Å²) in [5.41, 5.74) is 2.20. The molecule has 164 valence electrons. The lowest BCUT2D eigenvalue weighted by Crippen LogP contribution is -2.48. The summed E-state index contributed by atoms with van der Waals surface area (Å²) in [5.74, 6) is 0.880. The van der Waals surface area contributed by atoms with Gasteiger partial charge in [0.25, 0.3) is 0 Å². The number of rotatable bonds is 6. The van der Waals surface area contributed by atoms with Gasteiger partial charge in [-0.25, -0.2) is 0 Å². The number of aryl methyl sites for hydroxylation is 1. The van der Waals surface area contributed by atoms with Gasteiger partial charge < -0.3 is 15.0 Å². The van der Waals surface area contributed by atoms with Crippen LogP contribution in [0.15, 0.2) is 60.1 Å². The first-order valence-corrected chi connectivity index (χ1v) is 10.9. The van der Waals surface area contributed by atoms with Gasteiger partial charge in [0.1, 0.15) is 6.10 Å². The van der Waals surface area contributed by atoms with E-state index < -0.39 is 0 Å². The van der Waals surface area contributed by atoms with Crippen molar-refractivity contribution in [3.8, 4) is 0 Å². The van der Waals surface area contributed by atoms with Crippen molar-refractivity contribution in [3.05, 3.63) is 71.3 Å². The molecule has 8 nitrogen and oxygen atoms in total. The van der Waals surface area contributed by atoms with Gasteiger partial charge in [0.2, 0.25) is 0 Å². The maximum Gasteiger partial charge on any atom is 0.194 e. The first-order chi connectivity index (χ1) is 15.1. The van der Waals surface area contributed by atoms with Gasteiger partial charge >= 0.3 is 0 Å². The van der Waals surface area contributed by atoms with E-state index in [0.29, 0.717) is 13.2 Å². The highest BCUT2D eigenvalue weighted by Gasteiger charge is 2.25. The Kier molecular flexibility index (Phi) is 6.89. The van der Waals surface area contributed by atoms with Crippen LogP contribution in [0.1, 0.15) is 30.2 Å². The number of ether oxygens (including phenoxy) is 1. The molecule has 1 aromatic carbocycles. The van der Waals surface area contributed by atoms with Crippen molar-refractivity contribution < 1.29 is 4.74 Å². The summed E-state index contributed by atoms with van der Waals surface area (Å²) in [6.45, 7) is 5.59. The molecule has 0 radical (unpaired) electrons. The van der Waals surface area contributed by atoms with Gasteiger partial charge in [0.05, 0.1) is 31.9 Å². The lowest BCUT2D eigenvalue weighted by atomic mass is 10.1. The Bertz CT molecular complexity index is 984. The van der Waals surface area contributed by atoms with Gasteiger partial charge in [-0.15, -0.1) is 0 Å². The fourth-order valence-corrected chi connectivity index (χ4v) is 3.87. The number of aromatic nitrogens is 4. The predicted octanol–water partition coefficient (Wildman–Crippen LogP) is 2.90. The molecule has 2 unspecified atom stereocenters. The molecular weight excluding hydrogens is 414 g/mol. The second-order valence-corrected chi connectivity index (χ2v) is 7.94. The van der Waals surface area contributed by atoms with E-state index in [2.05, 4.69) is 27.3 Å². The second kappa shape index (κ2) is 9.98. The number of nitrogens with zero attached hydrogens (tertiary/aromatic N) is 6. The molecule has 1 aliphatic heterocycles. The van der Waals surface area contributed by atoms with Crippen LogP contribution in [0, 0.1) is 0 Å². The van der Waals surface area contributed by atoms with Crippen molar-refractivity contribution >= 4 is 17.6 Å². The maximum atomic E-state index is 6.09. The summed E-state index contributed by atoms with van der Waals surface area (Å²) in [7, 11) is 1.92. The Hall–Kier alpha value is -2.84. The Morgan fingerprint density at radius 1 is 1.32 bits per heavy atom. The molecule has 1 fully saturated rings. The van der Waals surface area contributed by atoms with E-state index in [4.69, 9.17) is 21.3 Å². The van der Waals surface area contributed by atoms with Crippen molar-refractivity contribution in [2.75, 3.05) is 32.8 Å². The van der Waals surface area contributed by atoms with Crippen LogP contribution in [0.25, 0.3) is 0 Å². The van der Waals surface area contributed by atoms with Gasteiger partial charge in [0, 0.05) is 49.3 Å². The topological polar surface area (TPSA) is 72.5 Å². The third kappa shape index (κ3) is 5.26. The Balaban J connectivity index is 1.54. The summed E-state index contributed by atoms with van der Waals surface area (Å²) < 4.78 is 9.74. The van der Waals surface area contributed by atoms with E-state index in [0.717, 1.165) is 41.7 Å². The van der Waals surface area contributed by atoms with Crippen LogP contribution in [0.3, 0.4) is 0 Å². The van der Waals surface area contributed by atoms with Gasteiger partial charge in [-0.05, 0) is 30.7 Å². The van der Waals surface area contributed by atoms with Gasteiger partial charge in [-0.1, -0.05) is 23.7 Å². The zero-order valence-electron chi connectivity index (χ0n) is 17.9. The number of halogens is 1. The molecule has 3 aromatic rings. The summed E-state index contributed by atoms with van der Waals surface area (Å²) in [6.07, 6.45) is 7.61. The Morgan fingerprint density at radius 3 is 2.84 bits per heavy atom. The Morgan fingerprint density at radius 2 is 2.16 bits per heavy atom. The smallest absolute Gasteiger partial charge is 0.194 e. The van der Waals surface area contributed by atoms with Crippen LogP contribution in [0.2, 0.25) is 5.02 Å². The maximum absolute atomic E-state index is 6.09. The molecule has 0 amide bonds. The fourth-order valence-electron chi connectivity index (χ4n) is 3.74. The standard InChI is InChI=1S/C22H28ClN7O/c1-3-24-22(29-11-12-31-21(16-29)18-13-27-28(2)15-18)25-14-20(30-10-4-9-26-30)17-5-7-19(23)8-6-17/h4-10,13,15,20-21H,3,11-12,14,16H2,1-2H3,(H,24,25). The quantitative estimate of drug-likeness (QED) is 0.470. The molecule has 31 heavy (non-hydrogen) atoms. The van der Waals surface area contributed by atoms with Crippen LogP contribution in [0.4, 0.5) is 0 Å². The highest BCUT2D eigenvalue weighted by molar-refractivity contribution is 6.30. The van der Waals surface area contributed by atoms with Gasteiger partial charge in [-0.3, -0.25) is 14.4 Å². The van der Waals surface area contributed by atoms with Gasteiger partial charge in [-0.2, -0.15) is 10.2 Å². The summed E-state index contributed by atoms with van der Waals surface area (Å²) >= 11 is 6.09. The van der Waals surface area contributed by atoms with Crippen LogP contribution >= 0.6 is 11.6 Å². The molecule has 3 heterocycles. The molecule has 2 aromatic heterocycles. The van der Waals surface area contributed by atoms with Crippen LogP contribution in [0.5, 0.6) is 0 Å². The molecule has 0 bridgehead atoms. The van der Waals surface area contributed by atoms with Crippen LogP contribution < -0.4 is 5.32 Å². The number of hydrogen-bond donors (Lipinski definition) is 1. The number of morpholine rings is 1. The van der Waals surface area contributed by atoms with E-state index in [-0.39, 0.29) is 12.1 Å². The zero-order chi connectivity index (χ0) is 21.6. The summed E-state index contributed by atoms with van der Waals surface area (Å²) in [6, 6.07) is 9.79. The number of benzene rings is 1. The van der Waals surface area contributed by atoms with Crippen molar-refractivity contribution in [2.45, 2.75) is 19.1 Å². The van der Waals surface area contributed by atoms with Crippen molar-refractivity contribution in [2.24, 2.45) is 12.0 Å². The predicted molar refractivity (Wildman–Crippen MR) is 121 cm³/mol. The molecule has 9 heteroatoms. The largest absolute Gasteiger partial charge is 0.370 e. The molecule has 2 atom stereocenters. The average Bonchev–Trinajstić information content (AvgIpc) is 3.47. The SMILES string of the molecule is CCNC(=NCC(c1ccc(Cl)cc1)n1cccn1)N1CCOC(c2cnn(C)c2)C1. The van der Waals surface area contributed by atoms with Crippen molar-refractivity contribution in [1.82, 2.24) is 29.8 Å². The normalized spacial score (nSPS) is 18.2. The van der Waals surface area contributed by atoms with Gasteiger partial charge in [0.15, 0.2) is 5.96 Å². The average molecular weight is 442 g/mol. The van der Waals surface area contributed by atoms with E-state index in [1.165, 1.54) is 0 Å². The minimum Gasteiger partial charge on any atom is -0.370 e. The van der Waals surface area contributed by atoms with Crippen molar-refractivity contribution in [3.63, 3.8) is 0 Å². The number of aliphatic imine (C=N–C) groups is 1. The summed E-state index contributed by atoms with van der Waals surface area (Å²) in [5, 5.41) is 12.9. The minimum absolute atomic E-state index is 0.0175. The third-order valence-electron chi connectivity index (χ3n) is 5.31. The van der Waals surface area contributed by atoms with E-state index >= 15 is 0 Å². The van der Waals surface area contributed by atoms with E-state index in [9.17, 15) is 0 Å². The molecule has 4 rings (SSSR count). The monoisotopic (exact) mass is 441 g/mol. The molecule has 1 aliphatic rings. The molecular formula is C22H28ClN7O. The Labute approximate surface area is 187 Å². The first kappa shape index (κ1) is 21.4. The number of hydrogen-bond acceptors (Lipinski definition) is 4. The molecule has 1 saturated heterocycles. The zero-order valence-corrected chi connectivity index (χ0v) is 18.6. The summed E-state index contributed by atoms with van der Waals surface area (Å²) in [4.78, 5) is 7.24. The van der Waals surface area contributed by atoms with E-state index in [1.807, 2.05) is 60.7 Å². The van der Waals surface area contributed by atoms with E-state index in [1.54, 1.807) is 10.9 Å². The molecule has 0 aliphatic carbocycles. The highest BCUT2D eigenvalue weighted by Crippen LogP contribution is 2.23. The lowest BCUT2D eigenvalue weighted by Gasteiger charge is -2.35. The fraction of sp³-hybridized carbons (Fsp3) is 0.409. The second-order valence-electron chi connectivity index (χ2n) is 7.50. The molecule has 0 saturated carbocycles. The van der Waals surface area contributed by atoms with Crippen LogP contribution in [-0.2, 0) is 11.8 Å². The lowest BCUT2D eigenvalue weighted by molar-refractivity contribution is -0.00805. The number of nitrogens with one attached hydrogen (secondary N) is 1. The molecule has 1 N–H and O–H groups in total. The molecule has 0 spiro atoms. The highest BCUT2D eigenvalue weighted by atomic mass is 35.5. The van der Waals surface area contributed by atoms with Crippen LogP contribution in [-0.4, -0.2) is 63.2 Å². The number of guanidine groups is 1. The van der Waals surface area contributed by atoms with Crippen molar-refractivity contribution in [1.29, 1.82) is 0 Å². The minimum atomic E-state index is -0.0236. The third-order valence-corrected chi connectivity index (χ3v) is 5.56. The first-order valence-electron chi connectivity index (χ1n) is 10.5.